The zero-order chi connectivity index (χ0) is 18.4. The first kappa shape index (κ1) is 18.4. The molecule has 0 aliphatic rings. The molecule has 0 saturated carbocycles. The topological polar surface area (TPSA) is 30.5 Å². The predicted octanol–water partition coefficient (Wildman–Crippen LogP) is 6.19. The molecular weight excluding hydrogens is 369 g/mol. The van der Waals surface area contributed by atoms with Crippen LogP contribution >= 0.6 is 23.2 Å². The molecule has 0 unspecified atom stereocenters. The summed E-state index contributed by atoms with van der Waals surface area (Å²) in [7, 11) is 1.65. The van der Waals surface area contributed by atoms with Crippen molar-refractivity contribution in [2.45, 2.75) is 13.2 Å². The fourth-order valence-electron chi connectivity index (χ4n) is 2.52. The maximum absolute atomic E-state index is 6.21. The van der Waals surface area contributed by atoms with Crippen molar-refractivity contribution in [3.05, 3.63) is 87.9 Å². The molecule has 0 radical (unpaired) electrons. The van der Waals surface area contributed by atoms with Gasteiger partial charge in [0.2, 0.25) is 0 Å². The Bertz CT molecular complexity index is 846. The quantitative estimate of drug-likeness (QED) is 0.523. The van der Waals surface area contributed by atoms with Gasteiger partial charge in [0.05, 0.1) is 7.11 Å². The van der Waals surface area contributed by atoms with Gasteiger partial charge in [-0.1, -0.05) is 47.5 Å². The van der Waals surface area contributed by atoms with Crippen LogP contribution in [-0.2, 0) is 13.2 Å². The lowest BCUT2D eigenvalue weighted by molar-refractivity contribution is 0.303. The van der Waals surface area contributed by atoms with E-state index in [9.17, 15) is 0 Å². The first-order valence-corrected chi connectivity index (χ1v) is 8.94. The van der Waals surface area contributed by atoms with Crippen LogP contribution in [0.5, 0.6) is 11.5 Å². The van der Waals surface area contributed by atoms with Crippen molar-refractivity contribution in [2.75, 3.05) is 12.4 Å². The molecule has 0 saturated heterocycles. The molecule has 0 aliphatic heterocycles. The summed E-state index contributed by atoms with van der Waals surface area (Å²) in [6, 6.07) is 21.1. The predicted molar refractivity (Wildman–Crippen MR) is 108 cm³/mol. The highest BCUT2D eigenvalue weighted by atomic mass is 35.5. The van der Waals surface area contributed by atoms with Gasteiger partial charge in [0.15, 0.2) is 0 Å². The number of rotatable bonds is 7. The number of para-hydroxylation sites is 1. The third-order valence-electron chi connectivity index (χ3n) is 3.98. The lowest BCUT2D eigenvalue weighted by Gasteiger charge is -2.14. The smallest absolute Gasteiger partial charge is 0.124 e. The number of halogens is 2. The van der Waals surface area contributed by atoms with E-state index in [1.54, 1.807) is 7.11 Å². The zero-order valence-corrected chi connectivity index (χ0v) is 15.8. The van der Waals surface area contributed by atoms with Crippen molar-refractivity contribution < 1.29 is 9.47 Å². The van der Waals surface area contributed by atoms with Gasteiger partial charge in [-0.2, -0.15) is 0 Å². The monoisotopic (exact) mass is 387 g/mol. The highest BCUT2D eigenvalue weighted by molar-refractivity contribution is 6.35. The van der Waals surface area contributed by atoms with Crippen LogP contribution in [0.2, 0.25) is 10.0 Å². The van der Waals surface area contributed by atoms with Gasteiger partial charge in [-0.05, 0) is 42.5 Å². The Kier molecular flexibility index (Phi) is 6.26. The van der Waals surface area contributed by atoms with Crippen LogP contribution in [0.25, 0.3) is 0 Å². The molecule has 134 valence electrons. The van der Waals surface area contributed by atoms with Crippen molar-refractivity contribution in [1.82, 2.24) is 0 Å². The molecule has 0 fully saturated rings. The minimum absolute atomic E-state index is 0.318. The van der Waals surface area contributed by atoms with Crippen LogP contribution < -0.4 is 14.8 Å². The maximum Gasteiger partial charge on any atom is 0.124 e. The summed E-state index contributed by atoms with van der Waals surface area (Å²) in [4.78, 5) is 0. The van der Waals surface area contributed by atoms with E-state index in [4.69, 9.17) is 32.7 Å². The second-order valence-electron chi connectivity index (χ2n) is 5.68. The maximum atomic E-state index is 6.21. The standard InChI is InChI=1S/C21H19Cl2NO2/c1-25-17-11-9-16(10-12-17)24-13-15-5-2-3-8-21(15)26-14-18-19(22)6-4-7-20(18)23/h2-12,24H,13-14H2,1H3. The Morgan fingerprint density at radius 2 is 1.54 bits per heavy atom. The van der Waals surface area contributed by atoms with Gasteiger partial charge in [-0.15, -0.1) is 0 Å². The molecule has 3 aromatic rings. The molecular formula is C21H19Cl2NO2. The average Bonchev–Trinajstić information content (AvgIpc) is 2.67. The summed E-state index contributed by atoms with van der Waals surface area (Å²) in [6.07, 6.45) is 0. The van der Waals surface area contributed by atoms with E-state index in [0.717, 1.165) is 28.3 Å². The van der Waals surface area contributed by atoms with Crippen LogP contribution in [-0.4, -0.2) is 7.11 Å². The van der Waals surface area contributed by atoms with Crippen molar-refractivity contribution in [3.8, 4) is 11.5 Å². The van der Waals surface area contributed by atoms with Gasteiger partial charge >= 0.3 is 0 Å². The van der Waals surface area contributed by atoms with E-state index >= 15 is 0 Å². The van der Waals surface area contributed by atoms with E-state index in [-0.39, 0.29) is 0 Å². The highest BCUT2D eigenvalue weighted by Gasteiger charge is 2.08. The second kappa shape index (κ2) is 8.84. The second-order valence-corrected chi connectivity index (χ2v) is 6.49. The Morgan fingerprint density at radius 1 is 0.846 bits per heavy atom. The Balaban J connectivity index is 1.67. The number of nitrogens with one attached hydrogen (secondary N) is 1. The summed E-state index contributed by atoms with van der Waals surface area (Å²) < 4.78 is 11.2. The first-order chi connectivity index (χ1) is 12.7. The Labute approximate surface area is 163 Å². The normalized spacial score (nSPS) is 10.4. The van der Waals surface area contributed by atoms with Crippen molar-refractivity contribution in [2.24, 2.45) is 0 Å². The zero-order valence-electron chi connectivity index (χ0n) is 14.3. The Hall–Kier alpha value is -2.36. The first-order valence-electron chi connectivity index (χ1n) is 8.19. The Morgan fingerprint density at radius 3 is 2.23 bits per heavy atom. The summed E-state index contributed by atoms with van der Waals surface area (Å²) in [5, 5.41) is 4.59. The molecule has 0 bridgehead atoms. The van der Waals surface area contributed by atoms with Crippen LogP contribution in [0.1, 0.15) is 11.1 Å². The van der Waals surface area contributed by atoms with Crippen LogP contribution in [0.4, 0.5) is 5.69 Å². The van der Waals surface area contributed by atoms with Crippen molar-refractivity contribution in [3.63, 3.8) is 0 Å². The lowest BCUT2D eigenvalue weighted by atomic mass is 10.2. The lowest BCUT2D eigenvalue weighted by Crippen LogP contribution is -2.04. The molecule has 3 nitrogen and oxygen atoms in total. The van der Waals surface area contributed by atoms with Gasteiger partial charge < -0.3 is 14.8 Å². The third kappa shape index (κ3) is 4.63. The van der Waals surface area contributed by atoms with Gasteiger partial charge in [0.25, 0.3) is 0 Å². The van der Waals surface area contributed by atoms with Crippen LogP contribution in [0.3, 0.4) is 0 Å². The fraction of sp³-hybridized carbons (Fsp3) is 0.143. The molecule has 0 atom stereocenters. The molecule has 5 heteroatoms. The van der Waals surface area contributed by atoms with E-state index in [0.29, 0.717) is 23.2 Å². The SMILES string of the molecule is COc1ccc(NCc2ccccc2OCc2c(Cl)cccc2Cl)cc1. The minimum atomic E-state index is 0.318. The van der Waals surface area contributed by atoms with E-state index in [2.05, 4.69) is 5.32 Å². The summed E-state index contributed by atoms with van der Waals surface area (Å²) in [6.45, 7) is 0.955. The average molecular weight is 388 g/mol. The fourth-order valence-corrected chi connectivity index (χ4v) is 3.02. The molecule has 0 amide bonds. The van der Waals surface area contributed by atoms with E-state index < -0.39 is 0 Å². The highest BCUT2D eigenvalue weighted by Crippen LogP contribution is 2.27. The largest absolute Gasteiger partial charge is 0.497 e. The number of ether oxygens (including phenoxy) is 2. The molecule has 26 heavy (non-hydrogen) atoms. The van der Waals surface area contributed by atoms with Crippen LogP contribution in [0, 0.1) is 0 Å². The molecule has 0 spiro atoms. The van der Waals surface area contributed by atoms with Gasteiger partial charge in [-0.3, -0.25) is 0 Å². The molecule has 0 aromatic heterocycles. The van der Waals surface area contributed by atoms with Crippen LogP contribution in [0.15, 0.2) is 66.7 Å². The number of hydrogen-bond acceptors (Lipinski definition) is 3. The van der Waals surface area contributed by atoms with Gasteiger partial charge in [-0.25, -0.2) is 0 Å². The number of anilines is 1. The van der Waals surface area contributed by atoms with Gasteiger partial charge in [0.1, 0.15) is 18.1 Å². The number of methoxy groups -OCH3 is 1. The van der Waals surface area contributed by atoms with E-state index in [1.807, 2.05) is 66.7 Å². The van der Waals surface area contributed by atoms with Gasteiger partial charge in [0, 0.05) is 33.4 Å². The molecule has 0 heterocycles. The van der Waals surface area contributed by atoms with Crippen molar-refractivity contribution in [1.29, 1.82) is 0 Å². The summed E-state index contributed by atoms with van der Waals surface area (Å²) in [5.41, 5.74) is 2.84. The third-order valence-corrected chi connectivity index (χ3v) is 4.69. The van der Waals surface area contributed by atoms with Crippen molar-refractivity contribution >= 4 is 28.9 Å². The summed E-state index contributed by atoms with van der Waals surface area (Å²) in [5.74, 6) is 1.63. The minimum Gasteiger partial charge on any atom is -0.497 e. The molecule has 3 rings (SSSR count). The number of benzene rings is 3. The molecule has 1 N–H and O–H groups in total. The molecule has 0 aliphatic carbocycles. The number of hydrogen-bond donors (Lipinski definition) is 1. The molecule has 3 aromatic carbocycles. The summed E-state index contributed by atoms with van der Waals surface area (Å²) >= 11 is 12.4. The van der Waals surface area contributed by atoms with E-state index in [1.165, 1.54) is 0 Å².